The molecule has 3 atom stereocenters. The van der Waals surface area contributed by atoms with E-state index < -0.39 is 51.8 Å². The third kappa shape index (κ3) is 36.3. The maximum absolute atomic E-state index is 12.5. The van der Waals surface area contributed by atoms with Crippen LogP contribution in [0.3, 0.4) is 0 Å². The topological polar surface area (TPSA) is 169 Å². The molecular weight excluding hydrogens is 687 g/mol. The fourth-order valence-corrected chi connectivity index (χ4v) is 5.70. The van der Waals surface area contributed by atoms with E-state index >= 15 is 0 Å². The summed E-state index contributed by atoms with van der Waals surface area (Å²) in [5.41, 5.74) is 0. The Labute approximate surface area is 314 Å². The highest BCUT2D eigenvalue weighted by Crippen LogP contribution is 2.43. The van der Waals surface area contributed by atoms with Crippen LogP contribution in [-0.2, 0) is 32.7 Å². The van der Waals surface area contributed by atoms with Gasteiger partial charge >= 0.3 is 19.8 Å². The van der Waals surface area contributed by atoms with E-state index in [1.54, 1.807) is 0 Å². The highest BCUT2D eigenvalue weighted by Gasteiger charge is 2.27. The number of aliphatic hydroxyl groups is 3. The van der Waals surface area contributed by atoms with Crippen LogP contribution < -0.4 is 0 Å². The summed E-state index contributed by atoms with van der Waals surface area (Å²) in [6.45, 7) is 2.56. The summed E-state index contributed by atoms with van der Waals surface area (Å²) >= 11 is 0. The highest BCUT2D eigenvalue weighted by molar-refractivity contribution is 7.47. The highest BCUT2D eigenvalue weighted by atomic mass is 31.2. The number of carbonyl (C=O) groups is 2. The van der Waals surface area contributed by atoms with Crippen molar-refractivity contribution < 1.29 is 52.9 Å². The number of phosphoric ester groups is 1. The van der Waals surface area contributed by atoms with Crippen LogP contribution in [0.4, 0.5) is 0 Å². The molecule has 0 rings (SSSR count). The van der Waals surface area contributed by atoms with E-state index in [4.69, 9.17) is 24.2 Å². The molecule has 0 aromatic rings. The number of hydrogen-bond acceptors (Lipinski definition) is 10. The van der Waals surface area contributed by atoms with Crippen molar-refractivity contribution in [3.05, 3.63) is 48.6 Å². The molecule has 0 radical (unpaired) electrons. The van der Waals surface area contributed by atoms with Crippen molar-refractivity contribution in [1.29, 1.82) is 0 Å². The third-order valence-electron chi connectivity index (χ3n) is 7.97. The van der Waals surface area contributed by atoms with E-state index in [1.165, 1.54) is 32.1 Å². The molecule has 52 heavy (non-hydrogen) atoms. The van der Waals surface area contributed by atoms with Gasteiger partial charge in [-0.25, -0.2) is 4.57 Å². The lowest BCUT2D eigenvalue weighted by Crippen LogP contribution is -2.29. The molecule has 0 saturated carbocycles. The summed E-state index contributed by atoms with van der Waals surface area (Å²) in [5.74, 6) is -0.255. The molecule has 0 aromatic heterocycles. The molecule has 0 aliphatic carbocycles. The number of unbranched alkanes of at least 4 members (excludes halogenated alkanes) is 11. The van der Waals surface area contributed by atoms with Crippen LogP contribution in [0.2, 0.25) is 0 Å². The molecule has 0 aliphatic heterocycles. The third-order valence-corrected chi connectivity index (χ3v) is 8.92. The first-order valence-electron chi connectivity index (χ1n) is 19.6. The van der Waals surface area contributed by atoms with Gasteiger partial charge in [-0.2, -0.15) is 0 Å². The average molecular weight is 759 g/mol. The van der Waals surface area contributed by atoms with Crippen molar-refractivity contribution >= 4 is 19.8 Å². The van der Waals surface area contributed by atoms with Crippen molar-refractivity contribution in [3.8, 4) is 0 Å². The van der Waals surface area contributed by atoms with Gasteiger partial charge < -0.3 is 29.7 Å². The fourth-order valence-electron chi connectivity index (χ4n) is 4.91. The number of rotatable bonds is 36. The van der Waals surface area contributed by atoms with Crippen LogP contribution in [0, 0.1) is 5.92 Å². The Balaban J connectivity index is 4.46. The quantitative estimate of drug-likeness (QED) is 0.0209. The number of carbonyl (C=O) groups excluding carboxylic acids is 2. The zero-order chi connectivity index (χ0) is 38.5. The molecule has 4 N–H and O–H groups in total. The van der Waals surface area contributed by atoms with Crippen LogP contribution in [-0.4, -0.2) is 77.4 Å². The van der Waals surface area contributed by atoms with Crippen LogP contribution >= 0.6 is 7.82 Å². The number of ether oxygens (including phenoxy) is 2. The molecule has 0 bridgehead atoms. The smallest absolute Gasteiger partial charge is 0.462 e. The Morgan fingerprint density at radius 2 is 1.12 bits per heavy atom. The molecule has 11 nitrogen and oxygen atoms in total. The van der Waals surface area contributed by atoms with Gasteiger partial charge in [0.2, 0.25) is 0 Å². The van der Waals surface area contributed by atoms with Crippen LogP contribution in [0.1, 0.15) is 142 Å². The van der Waals surface area contributed by atoms with Gasteiger partial charge in [0.1, 0.15) is 12.7 Å². The van der Waals surface area contributed by atoms with Gasteiger partial charge in [0.15, 0.2) is 6.10 Å². The largest absolute Gasteiger partial charge is 0.472 e. The minimum Gasteiger partial charge on any atom is -0.462 e. The fraction of sp³-hybridized carbons (Fsp3) is 0.750. The van der Waals surface area contributed by atoms with Crippen molar-refractivity contribution in [2.24, 2.45) is 5.92 Å². The van der Waals surface area contributed by atoms with Crippen molar-refractivity contribution in [2.75, 3.05) is 33.0 Å². The molecule has 0 fully saturated rings. The summed E-state index contributed by atoms with van der Waals surface area (Å²) in [4.78, 5) is 34.8. The first kappa shape index (κ1) is 49.9. The molecule has 0 heterocycles. The number of esters is 2. The molecule has 0 spiro atoms. The van der Waals surface area contributed by atoms with Crippen molar-refractivity contribution in [3.63, 3.8) is 0 Å². The Morgan fingerprint density at radius 1 is 0.615 bits per heavy atom. The van der Waals surface area contributed by atoms with Crippen molar-refractivity contribution in [1.82, 2.24) is 0 Å². The standard InChI is InChI=1S/C40H71O11P/c1-36(2)28-24-20-16-13-14-17-21-25-29-39(44)48-34-38(35-50-52(46,47)49-33-37(43)32-42)51-40(45)30-26-22-18-12-10-8-6-4-3-5-7-9-11-15-19-23-27-31-41/h3,5-6,8-9,11-12,18,36-38,41-43H,4,7,10,13-17,19-35H2,1-2H3,(H,46,47)/b5-3-,8-6-,11-9-,18-12-/t37-,38+/m0/s1. The maximum atomic E-state index is 12.5. The number of allylic oxidation sites excluding steroid dienone is 8. The summed E-state index contributed by atoms with van der Waals surface area (Å²) in [6.07, 6.45) is 32.6. The molecule has 0 aliphatic rings. The zero-order valence-corrected chi connectivity index (χ0v) is 33.0. The van der Waals surface area contributed by atoms with Gasteiger partial charge in [0.05, 0.1) is 19.8 Å². The van der Waals surface area contributed by atoms with Gasteiger partial charge in [-0.15, -0.1) is 0 Å². The van der Waals surface area contributed by atoms with Gasteiger partial charge in [-0.1, -0.05) is 120 Å². The summed E-state index contributed by atoms with van der Waals surface area (Å²) in [7, 11) is -4.63. The van der Waals surface area contributed by atoms with Gasteiger partial charge in [0.25, 0.3) is 0 Å². The van der Waals surface area contributed by atoms with Crippen molar-refractivity contribution in [2.45, 2.75) is 154 Å². The molecular formula is C40H71O11P. The normalized spacial score (nSPS) is 14.6. The lowest BCUT2D eigenvalue weighted by molar-refractivity contribution is -0.161. The average Bonchev–Trinajstić information content (AvgIpc) is 3.11. The lowest BCUT2D eigenvalue weighted by atomic mass is 10.0. The second-order valence-corrected chi connectivity index (χ2v) is 15.0. The number of aliphatic hydroxyl groups excluding tert-OH is 3. The SMILES string of the molecule is CC(C)CCCCCCCCCCC(=O)OC[C@H](COP(=O)(O)OC[C@@H](O)CO)OC(=O)CCC/C=C\C/C=C\C/C=C\C/C=C\CCCCCO. The van der Waals surface area contributed by atoms with E-state index in [-0.39, 0.29) is 26.1 Å². The summed E-state index contributed by atoms with van der Waals surface area (Å²) in [5, 5.41) is 27.0. The van der Waals surface area contributed by atoms with E-state index in [0.29, 0.717) is 19.3 Å². The Hall–Kier alpha value is -2.11. The molecule has 0 amide bonds. The van der Waals surface area contributed by atoms with Crippen LogP contribution in [0.5, 0.6) is 0 Å². The predicted octanol–water partition coefficient (Wildman–Crippen LogP) is 8.60. The van der Waals surface area contributed by atoms with E-state index in [0.717, 1.165) is 70.1 Å². The Bertz CT molecular complexity index is 1030. The van der Waals surface area contributed by atoms with E-state index in [1.807, 2.05) is 12.2 Å². The molecule has 1 unspecified atom stereocenters. The molecule has 0 saturated heterocycles. The number of hydrogen-bond donors (Lipinski definition) is 4. The van der Waals surface area contributed by atoms with E-state index in [9.17, 15) is 24.2 Å². The number of phosphoric acid groups is 1. The first-order valence-corrected chi connectivity index (χ1v) is 21.1. The minimum absolute atomic E-state index is 0.0975. The monoisotopic (exact) mass is 758 g/mol. The molecule has 0 aromatic carbocycles. The predicted molar refractivity (Wildman–Crippen MR) is 206 cm³/mol. The van der Waals surface area contributed by atoms with Crippen LogP contribution in [0.15, 0.2) is 48.6 Å². The Kier molecular flexibility index (Phi) is 34.4. The second kappa shape index (κ2) is 35.9. The summed E-state index contributed by atoms with van der Waals surface area (Å²) in [6, 6.07) is 0. The molecule has 302 valence electrons. The van der Waals surface area contributed by atoms with Gasteiger partial charge in [0, 0.05) is 19.4 Å². The van der Waals surface area contributed by atoms with Gasteiger partial charge in [-0.05, 0) is 63.7 Å². The van der Waals surface area contributed by atoms with Gasteiger partial charge in [-0.3, -0.25) is 18.6 Å². The second-order valence-electron chi connectivity index (χ2n) is 13.5. The van der Waals surface area contributed by atoms with Crippen LogP contribution in [0.25, 0.3) is 0 Å². The minimum atomic E-state index is -4.63. The molecule has 12 heteroatoms. The summed E-state index contributed by atoms with van der Waals surface area (Å²) < 4.78 is 32.5. The Morgan fingerprint density at radius 3 is 1.69 bits per heavy atom. The lowest BCUT2D eigenvalue weighted by Gasteiger charge is -2.20. The zero-order valence-electron chi connectivity index (χ0n) is 32.1. The first-order chi connectivity index (χ1) is 25.1. The van der Waals surface area contributed by atoms with E-state index in [2.05, 4.69) is 54.8 Å². The maximum Gasteiger partial charge on any atom is 0.472 e.